The van der Waals surface area contributed by atoms with Crippen LogP contribution in [0.15, 0.2) is 101 Å². The van der Waals surface area contributed by atoms with Crippen molar-refractivity contribution in [1.82, 2.24) is 4.98 Å². The molecule has 4 rings (SSSR count). The molecule has 24 heavy (non-hydrogen) atoms. The summed E-state index contributed by atoms with van der Waals surface area (Å²) in [6.45, 7) is 0. The van der Waals surface area contributed by atoms with Gasteiger partial charge >= 0.3 is 0 Å². The summed E-state index contributed by atoms with van der Waals surface area (Å²) in [5.74, 6) is 0. The molecule has 0 bridgehead atoms. The predicted molar refractivity (Wildman–Crippen MR) is 98.3 cm³/mol. The maximum absolute atomic E-state index is 13.1. The second kappa shape index (κ2) is 6.38. The van der Waals surface area contributed by atoms with Gasteiger partial charge in [0.05, 0.1) is 15.7 Å². The number of nitrogens with zero attached hydrogens (tertiary/aromatic N) is 1. The van der Waals surface area contributed by atoms with Crippen LogP contribution in [0.5, 0.6) is 0 Å². The molecule has 1 atom stereocenters. The minimum absolute atomic E-state index is 0.811. The van der Waals surface area contributed by atoms with E-state index in [-0.39, 0.29) is 0 Å². The average molecular weight is 329 g/mol. The van der Waals surface area contributed by atoms with Gasteiger partial charge in [-0.1, -0.05) is 48.5 Å². The number of hydrogen-bond donors (Lipinski definition) is 0. The van der Waals surface area contributed by atoms with Crippen LogP contribution < -0.4 is 0 Å². The lowest BCUT2D eigenvalue weighted by Crippen LogP contribution is -1.95. The van der Waals surface area contributed by atoms with Crippen molar-refractivity contribution in [1.29, 1.82) is 0 Å². The highest BCUT2D eigenvalue weighted by molar-refractivity contribution is 7.85. The van der Waals surface area contributed by atoms with Crippen LogP contribution in [-0.4, -0.2) is 9.19 Å². The van der Waals surface area contributed by atoms with Gasteiger partial charge in [-0.05, 0) is 46.7 Å². The molecule has 1 heterocycles. The highest BCUT2D eigenvalue weighted by atomic mass is 32.2. The van der Waals surface area contributed by atoms with Gasteiger partial charge in [0.1, 0.15) is 0 Å². The minimum atomic E-state index is -1.23. The Labute approximate surface area is 143 Å². The molecule has 0 N–H and O–H groups in total. The van der Waals surface area contributed by atoms with Crippen LogP contribution in [0.3, 0.4) is 0 Å². The van der Waals surface area contributed by atoms with Gasteiger partial charge in [-0.25, -0.2) is 4.21 Å². The summed E-state index contributed by atoms with van der Waals surface area (Å²) in [7, 11) is -1.23. The molecule has 116 valence electrons. The van der Waals surface area contributed by atoms with Crippen LogP contribution in [0.4, 0.5) is 0 Å². The Morgan fingerprint density at radius 3 is 2.33 bits per heavy atom. The highest BCUT2D eigenvalue weighted by Gasteiger charge is 2.13. The fourth-order valence-electron chi connectivity index (χ4n) is 2.80. The molecule has 0 amide bonds. The number of pyridine rings is 1. The summed E-state index contributed by atoms with van der Waals surface area (Å²) in [4.78, 5) is 5.84. The van der Waals surface area contributed by atoms with Crippen molar-refractivity contribution in [3.63, 3.8) is 0 Å². The lowest BCUT2D eigenvalue weighted by Gasteiger charge is -2.10. The van der Waals surface area contributed by atoms with E-state index in [9.17, 15) is 4.21 Å². The Hall–Kier alpha value is -2.78. The third-order valence-electron chi connectivity index (χ3n) is 3.98. The first-order valence-corrected chi connectivity index (χ1v) is 8.88. The largest absolute Gasteiger partial charge is 0.264 e. The number of rotatable bonds is 3. The minimum Gasteiger partial charge on any atom is -0.264 e. The normalized spacial score (nSPS) is 12.2. The SMILES string of the molecule is O=S(c1ccccc1)c1cc(-c2cccnc2)cc2ccccc12. The summed E-state index contributed by atoms with van der Waals surface area (Å²) in [5, 5.41) is 2.10. The first-order valence-electron chi connectivity index (χ1n) is 7.73. The predicted octanol–water partition coefficient (Wildman–Crippen LogP) is 5.07. The van der Waals surface area contributed by atoms with Gasteiger partial charge in [0.2, 0.25) is 0 Å². The Balaban J connectivity index is 1.95. The van der Waals surface area contributed by atoms with Crippen molar-refractivity contribution < 1.29 is 4.21 Å². The van der Waals surface area contributed by atoms with Gasteiger partial charge in [0.25, 0.3) is 0 Å². The molecule has 0 saturated heterocycles. The fraction of sp³-hybridized carbons (Fsp3) is 0. The second-order valence-electron chi connectivity index (χ2n) is 5.52. The quantitative estimate of drug-likeness (QED) is 0.525. The topological polar surface area (TPSA) is 30.0 Å². The molecule has 3 aromatic carbocycles. The van der Waals surface area contributed by atoms with Crippen LogP contribution in [0.2, 0.25) is 0 Å². The van der Waals surface area contributed by atoms with Crippen molar-refractivity contribution in [2.45, 2.75) is 9.79 Å². The summed E-state index contributed by atoms with van der Waals surface area (Å²) in [6.07, 6.45) is 3.59. The highest BCUT2D eigenvalue weighted by Crippen LogP contribution is 2.31. The van der Waals surface area contributed by atoms with Gasteiger partial charge in [-0.3, -0.25) is 4.98 Å². The standard InChI is InChI=1S/C21H15NOS/c23-24(19-9-2-1-3-10-19)21-14-18(17-8-6-12-22-15-17)13-16-7-4-5-11-20(16)21/h1-15H. The molecule has 0 aliphatic rings. The Bertz CT molecular complexity index is 1010. The lowest BCUT2D eigenvalue weighted by molar-refractivity contribution is 0.683. The number of benzene rings is 3. The van der Waals surface area contributed by atoms with Crippen LogP contribution in [0, 0.1) is 0 Å². The van der Waals surface area contributed by atoms with E-state index in [1.165, 1.54) is 0 Å². The zero-order valence-corrected chi connectivity index (χ0v) is 13.7. The second-order valence-corrected chi connectivity index (χ2v) is 6.97. The van der Waals surface area contributed by atoms with Crippen molar-refractivity contribution >= 4 is 21.6 Å². The molecule has 1 unspecified atom stereocenters. The maximum Gasteiger partial charge on any atom is 0.0856 e. The Morgan fingerprint density at radius 2 is 1.54 bits per heavy atom. The van der Waals surface area contributed by atoms with Gasteiger partial charge in [0.15, 0.2) is 0 Å². The third-order valence-corrected chi connectivity index (χ3v) is 5.41. The zero-order chi connectivity index (χ0) is 16.4. The smallest absolute Gasteiger partial charge is 0.0856 e. The van der Waals surface area contributed by atoms with Gasteiger partial charge in [-0.15, -0.1) is 0 Å². The molecule has 0 radical (unpaired) electrons. The van der Waals surface area contributed by atoms with Crippen LogP contribution in [0.25, 0.3) is 21.9 Å². The Kier molecular flexibility index (Phi) is 3.93. The van der Waals surface area contributed by atoms with Crippen molar-refractivity contribution in [2.75, 3.05) is 0 Å². The molecule has 1 aromatic heterocycles. The summed E-state index contributed by atoms with van der Waals surface area (Å²) in [5.41, 5.74) is 2.05. The van der Waals surface area contributed by atoms with E-state index in [0.29, 0.717) is 0 Å². The lowest BCUT2D eigenvalue weighted by atomic mass is 10.0. The van der Waals surface area contributed by atoms with Crippen molar-refractivity contribution in [3.8, 4) is 11.1 Å². The number of hydrogen-bond acceptors (Lipinski definition) is 2. The van der Waals surface area contributed by atoms with Crippen molar-refractivity contribution in [2.24, 2.45) is 0 Å². The third kappa shape index (κ3) is 2.74. The monoisotopic (exact) mass is 329 g/mol. The van der Waals surface area contributed by atoms with E-state index in [1.54, 1.807) is 6.20 Å². The van der Waals surface area contributed by atoms with E-state index >= 15 is 0 Å². The molecular formula is C21H15NOS. The van der Waals surface area contributed by atoms with Gasteiger partial charge < -0.3 is 0 Å². The summed E-state index contributed by atoms with van der Waals surface area (Å²) >= 11 is 0. The average Bonchev–Trinajstić information content (AvgIpc) is 2.68. The van der Waals surface area contributed by atoms with Gasteiger partial charge in [0, 0.05) is 22.9 Å². The van der Waals surface area contributed by atoms with Gasteiger partial charge in [-0.2, -0.15) is 0 Å². The van der Waals surface area contributed by atoms with Crippen LogP contribution >= 0.6 is 0 Å². The van der Waals surface area contributed by atoms with E-state index in [0.717, 1.165) is 31.7 Å². The van der Waals surface area contributed by atoms with Crippen LogP contribution in [0.1, 0.15) is 0 Å². The molecule has 0 spiro atoms. The van der Waals surface area contributed by atoms with E-state index in [1.807, 2.05) is 72.9 Å². The summed E-state index contributed by atoms with van der Waals surface area (Å²) in [6, 6.07) is 25.7. The first-order chi connectivity index (χ1) is 11.8. The number of fused-ring (bicyclic) bond motifs is 1. The molecule has 3 heteroatoms. The Morgan fingerprint density at radius 1 is 0.750 bits per heavy atom. The first kappa shape index (κ1) is 14.8. The molecule has 0 fully saturated rings. The van der Waals surface area contributed by atoms with E-state index in [2.05, 4.69) is 17.1 Å². The zero-order valence-electron chi connectivity index (χ0n) is 12.9. The van der Waals surface area contributed by atoms with E-state index < -0.39 is 10.8 Å². The maximum atomic E-state index is 13.1. The van der Waals surface area contributed by atoms with Crippen molar-refractivity contribution in [3.05, 3.63) is 91.3 Å². The number of aromatic nitrogens is 1. The van der Waals surface area contributed by atoms with Crippen LogP contribution in [-0.2, 0) is 10.8 Å². The molecular weight excluding hydrogens is 314 g/mol. The molecule has 0 aliphatic heterocycles. The molecule has 0 aliphatic carbocycles. The molecule has 0 saturated carbocycles. The summed E-state index contributed by atoms with van der Waals surface area (Å²) < 4.78 is 13.1. The molecule has 4 aromatic rings. The fourth-order valence-corrected chi connectivity index (χ4v) is 4.08. The molecule has 2 nitrogen and oxygen atoms in total. The van der Waals surface area contributed by atoms with E-state index in [4.69, 9.17) is 0 Å².